The van der Waals surface area contributed by atoms with Crippen molar-refractivity contribution in [2.75, 3.05) is 17.3 Å². The molecule has 0 saturated carbocycles. The maximum atomic E-state index is 12.3. The van der Waals surface area contributed by atoms with Crippen molar-refractivity contribution in [1.29, 1.82) is 0 Å². The van der Waals surface area contributed by atoms with E-state index in [0.29, 0.717) is 21.6 Å². The molecule has 30 heavy (non-hydrogen) atoms. The fourth-order valence-corrected chi connectivity index (χ4v) is 3.96. The Kier molecular flexibility index (Phi) is 7.78. The molecule has 0 spiro atoms. The van der Waals surface area contributed by atoms with Crippen molar-refractivity contribution >= 4 is 52.6 Å². The molecule has 7 nitrogen and oxygen atoms in total. The molecule has 2 aromatic carbocycles. The van der Waals surface area contributed by atoms with Crippen LogP contribution in [0.3, 0.4) is 0 Å². The van der Waals surface area contributed by atoms with Gasteiger partial charge in [-0.2, -0.15) is 0 Å². The third kappa shape index (κ3) is 5.78. The second-order valence-electron chi connectivity index (χ2n) is 6.18. The van der Waals surface area contributed by atoms with Gasteiger partial charge >= 0.3 is 0 Å². The fourth-order valence-electron chi connectivity index (χ4n) is 2.55. The minimum Gasteiger partial charge on any atom is -0.345 e. The molecule has 0 aliphatic rings. The summed E-state index contributed by atoms with van der Waals surface area (Å²) >= 11 is 8.70. The molecule has 0 aliphatic carbocycles. The number of thioether (sulfide) groups is 2. The van der Waals surface area contributed by atoms with Crippen molar-refractivity contribution in [1.82, 2.24) is 20.1 Å². The zero-order chi connectivity index (χ0) is 21.5. The normalized spacial score (nSPS) is 10.6. The molecule has 156 valence electrons. The summed E-state index contributed by atoms with van der Waals surface area (Å²) in [6.45, 7) is 0.221. The molecule has 2 N–H and O–H groups in total. The highest BCUT2D eigenvalue weighted by Crippen LogP contribution is 2.25. The molecule has 1 heterocycles. The standard InChI is InChI=1S/C20H20ClN5O2S2/c1-26-17(11-22-19(28)13-7-9-14(21)10-8-13)24-25-20(26)30-12-18(27)23-15-5-3-4-6-16(15)29-2/h3-10H,11-12H2,1-2H3,(H,22,28)(H,23,27). The SMILES string of the molecule is CSc1ccccc1NC(=O)CSc1nnc(CNC(=O)c2ccc(Cl)cc2)n1C. The van der Waals surface area contributed by atoms with E-state index in [9.17, 15) is 9.59 Å². The number of aromatic nitrogens is 3. The van der Waals surface area contributed by atoms with Crippen molar-refractivity contribution in [3.63, 3.8) is 0 Å². The number of hydrogen-bond donors (Lipinski definition) is 2. The maximum Gasteiger partial charge on any atom is 0.251 e. The number of para-hydroxylation sites is 1. The van der Waals surface area contributed by atoms with Crippen molar-refractivity contribution in [3.8, 4) is 0 Å². The lowest BCUT2D eigenvalue weighted by atomic mass is 10.2. The highest BCUT2D eigenvalue weighted by Gasteiger charge is 2.14. The first-order chi connectivity index (χ1) is 14.5. The lowest BCUT2D eigenvalue weighted by molar-refractivity contribution is -0.113. The summed E-state index contributed by atoms with van der Waals surface area (Å²) in [5, 5.41) is 15.1. The first kappa shape index (κ1) is 22.2. The monoisotopic (exact) mass is 461 g/mol. The van der Waals surface area contributed by atoms with Crippen LogP contribution in [0.4, 0.5) is 5.69 Å². The highest BCUT2D eigenvalue weighted by molar-refractivity contribution is 7.99. The molecule has 1 aromatic heterocycles. The quantitative estimate of drug-likeness (QED) is 0.495. The van der Waals surface area contributed by atoms with E-state index >= 15 is 0 Å². The van der Waals surface area contributed by atoms with Gasteiger partial charge in [0.2, 0.25) is 5.91 Å². The Morgan fingerprint density at radius 3 is 2.57 bits per heavy atom. The smallest absolute Gasteiger partial charge is 0.251 e. The van der Waals surface area contributed by atoms with Gasteiger partial charge in [0.05, 0.1) is 18.0 Å². The van der Waals surface area contributed by atoms with E-state index in [1.54, 1.807) is 47.6 Å². The number of carbonyl (C=O) groups is 2. The van der Waals surface area contributed by atoms with Crippen LogP contribution in [0.25, 0.3) is 0 Å². The van der Waals surface area contributed by atoms with Gasteiger partial charge < -0.3 is 15.2 Å². The average molecular weight is 462 g/mol. The van der Waals surface area contributed by atoms with Crippen LogP contribution in [0.1, 0.15) is 16.2 Å². The predicted molar refractivity (Wildman–Crippen MR) is 121 cm³/mol. The minimum absolute atomic E-state index is 0.123. The van der Waals surface area contributed by atoms with Crippen LogP contribution in [-0.4, -0.2) is 38.6 Å². The largest absolute Gasteiger partial charge is 0.345 e. The number of carbonyl (C=O) groups excluding carboxylic acids is 2. The molecule has 0 atom stereocenters. The van der Waals surface area contributed by atoms with Crippen LogP contribution in [-0.2, 0) is 18.4 Å². The Balaban J connectivity index is 1.53. The second-order valence-corrected chi connectivity index (χ2v) is 8.41. The summed E-state index contributed by atoms with van der Waals surface area (Å²) in [5.74, 6) is 0.442. The molecule has 10 heteroatoms. The number of benzene rings is 2. The van der Waals surface area contributed by atoms with Gasteiger partial charge in [-0.1, -0.05) is 35.5 Å². The topological polar surface area (TPSA) is 88.9 Å². The van der Waals surface area contributed by atoms with Crippen LogP contribution in [0.5, 0.6) is 0 Å². The molecule has 3 rings (SSSR count). The van der Waals surface area contributed by atoms with Gasteiger partial charge in [-0.15, -0.1) is 22.0 Å². The molecule has 0 bridgehead atoms. The van der Waals surface area contributed by atoms with Gasteiger partial charge in [0.1, 0.15) is 0 Å². The Labute approximate surface area is 188 Å². The van der Waals surface area contributed by atoms with E-state index in [1.165, 1.54) is 11.8 Å². The van der Waals surface area contributed by atoms with Crippen LogP contribution >= 0.6 is 35.1 Å². The van der Waals surface area contributed by atoms with E-state index < -0.39 is 0 Å². The van der Waals surface area contributed by atoms with Gasteiger partial charge in [0, 0.05) is 22.5 Å². The molecule has 2 amide bonds. The summed E-state index contributed by atoms with van der Waals surface area (Å²) in [7, 11) is 1.80. The summed E-state index contributed by atoms with van der Waals surface area (Å²) < 4.78 is 1.76. The molecule has 0 fully saturated rings. The third-order valence-electron chi connectivity index (χ3n) is 4.15. The molecule has 0 aliphatic heterocycles. The van der Waals surface area contributed by atoms with Gasteiger partial charge in [-0.05, 0) is 42.7 Å². The van der Waals surface area contributed by atoms with E-state index in [0.717, 1.165) is 10.6 Å². The molecular weight excluding hydrogens is 442 g/mol. The number of anilines is 1. The van der Waals surface area contributed by atoms with Crippen molar-refractivity contribution in [3.05, 3.63) is 64.9 Å². The summed E-state index contributed by atoms with van der Waals surface area (Å²) in [4.78, 5) is 25.5. The van der Waals surface area contributed by atoms with E-state index in [1.807, 2.05) is 30.5 Å². The summed E-state index contributed by atoms with van der Waals surface area (Å²) in [6, 6.07) is 14.3. The average Bonchev–Trinajstić information content (AvgIpc) is 3.11. The lowest BCUT2D eigenvalue weighted by Crippen LogP contribution is -2.24. The van der Waals surface area contributed by atoms with Crippen molar-refractivity contribution in [2.45, 2.75) is 16.6 Å². The molecule has 3 aromatic rings. The minimum atomic E-state index is -0.226. The Hall–Kier alpha value is -2.49. The number of nitrogens with one attached hydrogen (secondary N) is 2. The first-order valence-corrected chi connectivity index (χ1v) is 11.5. The fraction of sp³-hybridized carbons (Fsp3) is 0.200. The highest BCUT2D eigenvalue weighted by atomic mass is 35.5. The maximum absolute atomic E-state index is 12.3. The molecule has 0 unspecified atom stereocenters. The van der Waals surface area contributed by atoms with E-state index in [-0.39, 0.29) is 24.1 Å². The molecule has 0 saturated heterocycles. The van der Waals surface area contributed by atoms with Crippen LogP contribution in [0.2, 0.25) is 5.02 Å². The summed E-state index contributed by atoms with van der Waals surface area (Å²) in [5.41, 5.74) is 1.30. The van der Waals surface area contributed by atoms with Gasteiger partial charge in [-0.25, -0.2) is 0 Å². The molecule has 0 radical (unpaired) electrons. The zero-order valence-electron chi connectivity index (χ0n) is 16.4. The number of amides is 2. The third-order valence-corrected chi connectivity index (χ3v) is 6.22. The Morgan fingerprint density at radius 2 is 1.83 bits per heavy atom. The molecular formula is C20H20ClN5O2S2. The van der Waals surface area contributed by atoms with Crippen LogP contribution < -0.4 is 10.6 Å². The second kappa shape index (κ2) is 10.5. The summed E-state index contributed by atoms with van der Waals surface area (Å²) in [6.07, 6.45) is 1.96. The van der Waals surface area contributed by atoms with Crippen molar-refractivity contribution < 1.29 is 9.59 Å². The zero-order valence-corrected chi connectivity index (χ0v) is 18.8. The number of rotatable bonds is 8. The Bertz CT molecular complexity index is 1040. The van der Waals surface area contributed by atoms with Gasteiger partial charge in [0.15, 0.2) is 11.0 Å². The van der Waals surface area contributed by atoms with Gasteiger partial charge in [-0.3, -0.25) is 9.59 Å². The lowest BCUT2D eigenvalue weighted by Gasteiger charge is -2.09. The van der Waals surface area contributed by atoms with Crippen molar-refractivity contribution in [2.24, 2.45) is 7.05 Å². The van der Waals surface area contributed by atoms with Crippen LogP contribution in [0, 0.1) is 0 Å². The van der Waals surface area contributed by atoms with E-state index in [4.69, 9.17) is 11.6 Å². The predicted octanol–water partition coefficient (Wildman–Crippen LogP) is 3.85. The number of nitrogens with zero attached hydrogens (tertiary/aromatic N) is 3. The van der Waals surface area contributed by atoms with Gasteiger partial charge in [0.25, 0.3) is 5.91 Å². The Morgan fingerprint density at radius 1 is 1.10 bits per heavy atom. The number of halogens is 1. The van der Waals surface area contributed by atoms with Crippen LogP contribution in [0.15, 0.2) is 58.6 Å². The van der Waals surface area contributed by atoms with E-state index in [2.05, 4.69) is 20.8 Å². The number of hydrogen-bond acceptors (Lipinski definition) is 6. The first-order valence-electron chi connectivity index (χ1n) is 8.95.